The molecule has 1 fully saturated rings. The molecule has 0 aromatic rings. The maximum atomic E-state index is 5.82. The van der Waals surface area contributed by atoms with E-state index in [1.807, 2.05) is 5.98 Å². The second-order valence-corrected chi connectivity index (χ2v) is 4.97. The Bertz CT molecular complexity index is 214. The fourth-order valence-corrected chi connectivity index (χ4v) is 1.97. The fourth-order valence-electron chi connectivity index (χ4n) is 1.97. The van der Waals surface area contributed by atoms with Crippen LogP contribution < -0.4 is 0 Å². The van der Waals surface area contributed by atoms with E-state index in [4.69, 9.17) is 9.31 Å². The summed E-state index contributed by atoms with van der Waals surface area (Å²) in [5.74, 6) is 2.05. The van der Waals surface area contributed by atoms with Crippen LogP contribution in [0.5, 0.6) is 0 Å². The second-order valence-electron chi connectivity index (χ2n) is 4.97. The van der Waals surface area contributed by atoms with E-state index in [9.17, 15) is 0 Å². The molecule has 0 radical (unpaired) electrons. The van der Waals surface area contributed by atoms with Gasteiger partial charge in [-0.1, -0.05) is 31.8 Å². The van der Waals surface area contributed by atoms with Crippen LogP contribution in [0.3, 0.4) is 0 Å². The predicted molar refractivity (Wildman–Crippen MR) is 64.7 cm³/mol. The standard InChI is InChI=1S/C12H23BO2/c1-5-6-7-8-9-13-14-11(2)10-12(3,4)15-13/h8-9,11H,5-7,10H2,1-4H3/b9-8+. The van der Waals surface area contributed by atoms with E-state index < -0.39 is 0 Å². The average Bonchev–Trinajstić information content (AvgIpc) is 2.09. The van der Waals surface area contributed by atoms with Gasteiger partial charge in [-0.3, -0.25) is 0 Å². The lowest BCUT2D eigenvalue weighted by Gasteiger charge is -2.37. The molecule has 15 heavy (non-hydrogen) atoms. The van der Waals surface area contributed by atoms with E-state index in [2.05, 4.69) is 33.8 Å². The molecule has 1 saturated heterocycles. The average molecular weight is 210 g/mol. The lowest BCUT2D eigenvalue weighted by Crippen LogP contribution is -2.45. The van der Waals surface area contributed by atoms with Gasteiger partial charge in [-0.15, -0.1) is 0 Å². The van der Waals surface area contributed by atoms with Crippen LogP contribution in [-0.2, 0) is 9.31 Å². The molecule has 1 rings (SSSR count). The third-order valence-electron chi connectivity index (χ3n) is 2.60. The molecular formula is C12H23BO2. The van der Waals surface area contributed by atoms with Crippen LogP contribution in [-0.4, -0.2) is 18.8 Å². The lowest BCUT2D eigenvalue weighted by atomic mass is 9.82. The molecule has 86 valence electrons. The van der Waals surface area contributed by atoms with Crippen LogP contribution in [0.4, 0.5) is 0 Å². The van der Waals surface area contributed by atoms with Crippen molar-refractivity contribution in [1.82, 2.24) is 0 Å². The first-order valence-corrected chi connectivity index (χ1v) is 6.03. The van der Waals surface area contributed by atoms with Gasteiger partial charge in [0, 0.05) is 6.10 Å². The molecule has 1 unspecified atom stereocenters. The number of hydrogen-bond acceptors (Lipinski definition) is 2. The molecule has 0 bridgehead atoms. The van der Waals surface area contributed by atoms with Crippen LogP contribution in [0, 0.1) is 0 Å². The van der Waals surface area contributed by atoms with Crippen LogP contribution in [0.25, 0.3) is 0 Å². The summed E-state index contributed by atoms with van der Waals surface area (Å²) in [5, 5.41) is 0. The minimum absolute atomic E-state index is 0.0581. The Morgan fingerprint density at radius 1 is 1.47 bits per heavy atom. The first-order valence-electron chi connectivity index (χ1n) is 6.03. The highest BCUT2D eigenvalue weighted by Crippen LogP contribution is 2.25. The van der Waals surface area contributed by atoms with Crippen LogP contribution in [0.1, 0.15) is 53.4 Å². The Morgan fingerprint density at radius 2 is 2.20 bits per heavy atom. The summed E-state index contributed by atoms with van der Waals surface area (Å²) in [6.07, 6.45) is 7.01. The molecule has 2 nitrogen and oxygen atoms in total. The molecule has 0 aliphatic carbocycles. The topological polar surface area (TPSA) is 18.5 Å². The van der Waals surface area contributed by atoms with E-state index >= 15 is 0 Å². The van der Waals surface area contributed by atoms with Gasteiger partial charge in [0.15, 0.2) is 0 Å². The highest BCUT2D eigenvalue weighted by Gasteiger charge is 2.35. The molecule has 0 aromatic carbocycles. The Kier molecular flexibility index (Phi) is 4.87. The van der Waals surface area contributed by atoms with Gasteiger partial charge in [0.25, 0.3) is 0 Å². The maximum Gasteiger partial charge on any atom is 0.486 e. The van der Waals surface area contributed by atoms with Gasteiger partial charge in [-0.2, -0.15) is 0 Å². The van der Waals surface area contributed by atoms with Crippen LogP contribution >= 0.6 is 0 Å². The van der Waals surface area contributed by atoms with Crippen LogP contribution in [0.2, 0.25) is 0 Å². The SMILES string of the molecule is CCCC/C=C/B1OC(C)CC(C)(C)O1. The zero-order valence-electron chi connectivity index (χ0n) is 10.5. The van der Waals surface area contributed by atoms with Gasteiger partial charge in [0.05, 0.1) is 5.60 Å². The zero-order valence-corrected chi connectivity index (χ0v) is 10.5. The number of allylic oxidation sites excluding steroid dienone is 1. The van der Waals surface area contributed by atoms with Crippen molar-refractivity contribution in [3.05, 3.63) is 12.1 Å². The van der Waals surface area contributed by atoms with Crippen molar-refractivity contribution in [3.8, 4) is 0 Å². The summed E-state index contributed by atoms with van der Waals surface area (Å²) in [5.41, 5.74) is -0.0581. The van der Waals surface area contributed by atoms with E-state index in [0.717, 1.165) is 12.8 Å². The first-order chi connectivity index (χ1) is 7.03. The summed E-state index contributed by atoms with van der Waals surface area (Å²) >= 11 is 0. The van der Waals surface area contributed by atoms with Gasteiger partial charge in [-0.25, -0.2) is 0 Å². The summed E-state index contributed by atoms with van der Waals surface area (Å²) in [7, 11) is -0.152. The van der Waals surface area contributed by atoms with Gasteiger partial charge in [0.1, 0.15) is 0 Å². The third kappa shape index (κ3) is 4.85. The molecule has 0 aromatic heterocycles. The third-order valence-corrected chi connectivity index (χ3v) is 2.60. The molecule has 0 amide bonds. The Balaban J connectivity index is 2.38. The van der Waals surface area contributed by atoms with Crippen molar-refractivity contribution < 1.29 is 9.31 Å². The lowest BCUT2D eigenvalue weighted by molar-refractivity contribution is -0.0236. The minimum Gasteiger partial charge on any atom is -0.405 e. The van der Waals surface area contributed by atoms with Gasteiger partial charge in [-0.05, 0) is 33.6 Å². The zero-order chi connectivity index (χ0) is 11.3. The molecule has 0 spiro atoms. The van der Waals surface area contributed by atoms with Crippen molar-refractivity contribution in [2.45, 2.75) is 65.1 Å². The van der Waals surface area contributed by atoms with E-state index in [1.54, 1.807) is 0 Å². The maximum absolute atomic E-state index is 5.82. The predicted octanol–water partition coefficient (Wildman–Crippen LogP) is 3.36. The number of hydrogen-bond donors (Lipinski definition) is 0. The van der Waals surface area contributed by atoms with E-state index in [-0.39, 0.29) is 18.8 Å². The fraction of sp³-hybridized carbons (Fsp3) is 0.833. The van der Waals surface area contributed by atoms with Crippen molar-refractivity contribution >= 4 is 7.12 Å². The van der Waals surface area contributed by atoms with Crippen molar-refractivity contribution in [3.63, 3.8) is 0 Å². The second kappa shape index (κ2) is 5.71. The summed E-state index contributed by atoms with van der Waals surface area (Å²) in [6, 6.07) is 0. The normalized spacial score (nSPS) is 26.1. The van der Waals surface area contributed by atoms with Crippen molar-refractivity contribution in [2.24, 2.45) is 0 Å². The number of rotatable bonds is 4. The summed E-state index contributed by atoms with van der Waals surface area (Å²) in [6.45, 7) is 8.56. The molecule has 1 heterocycles. The molecule has 0 saturated carbocycles. The smallest absolute Gasteiger partial charge is 0.405 e. The highest BCUT2D eigenvalue weighted by atomic mass is 16.6. The Morgan fingerprint density at radius 3 is 2.80 bits per heavy atom. The van der Waals surface area contributed by atoms with Gasteiger partial charge < -0.3 is 9.31 Å². The van der Waals surface area contributed by atoms with Gasteiger partial charge >= 0.3 is 7.12 Å². The van der Waals surface area contributed by atoms with E-state index in [1.165, 1.54) is 12.8 Å². The van der Waals surface area contributed by atoms with Crippen molar-refractivity contribution in [1.29, 1.82) is 0 Å². The Labute approximate surface area is 94.2 Å². The number of unbranched alkanes of at least 4 members (excludes halogenated alkanes) is 2. The monoisotopic (exact) mass is 210 g/mol. The molecule has 1 atom stereocenters. The van der Waals surface area contributed by atoms with Crippen molar-refractivity contribution in [2.75, 3.05) is 0 Å². The highest BCUT2D eigenvalue weighted by molar-refractivity contribution is 6.51. The molecule has 0 N–H and O–H groups in total. The summed E-state index contributed by atoms with van der Waals surface area (Å²) < 4.78 is 11.5. The summed E-state index contributed by atoms with van der Waals surface area (Å²) in [4.78, 5) is 0. The van der Waals surface area contributed by atoms with E-state index in [0.29, 0.717) is 0 Å². The van der Waals surface area contributed by atoms with Gasteiger partial charge in [0.2, 0.25) is 0 Å². The molecule has 1 aliphatic heterocycles. The molecule has 1 aliphatic rings. The largest absolute Gasteiger partial charge is 0.486 e. The molecule has 3 heteroatoms. The minimum atomic E-state index is -0.152. The first kappa shape index (κ1) is 12.8. The quantitative estimate of drug-likeness (QED) is 0.523. The molecular weight excluding hydrogens is 187 g/mol. The van der Waals surface area contributed by atoms with Crippen LogP contribution in [0.15, 0.2) is 12.1 Å². The Hall–Kier alpha value is -0.275.